The summed E-state index contributed by atoms with van der Waals surface area (Å²) in [6.45, 7) is 10.6. The van der Waals surface area contributed by atoms with E-state index in [1.54, 1.807) is 14.0 Å². The van der Waals surface area contributed by atoms with E-state index in [-0.39, 0.29) is 31.7 Å². The Hall–Kier alpha value is -1.95. The number of aliphatic hydroxyl groups excluding tert-OH is 1. The van der Waals surface area contributed by atoms with Gasteiger partial charge >= 0.3 is 11.7 Å². The van der Waals surface area contributed by atoms with Crippen LogP contribution in [0.1, 0.15) is 97.3 Å². The van der Waals surface area contributed by atoms with Crippen molar-refractivity contribution in [2.45, 2.75) is 123 Å². The molecule has 1 aromatic rings. The lowest BCUT2D eigenvalue weighted by Crippen LogP contribution is -2.33. The lowest BCUT2D eigenvalue weighted by atomic mass is 10.1. The quantitative estimate of drug-likeness (QED) is 0.128. The van der Waals surface area contributed by atoms with E-state index in [0.29, 0.717) is 30.7 Å². The number of carbonyl (C=O) groups is 2. The molecule has 0 aliphatic carbocycles. The van der Waals surface area contributed by atoms with Crippen molar-refractivity contribution in [2.24, 2.45) is 0 Å². The highest BCUT2D eigenvalue weighted by Crippen LogP contribution is 2.45. The van der Waals surface area contributed by atoms with E-state index >= 15 is 0 Å². The normalized spacial score (nSPS) is 20.1. The first-order valence-corrected chi connectivity index (χ1v) is 15.6. The van der Waals surface area contributed by atoms with Gasteiger partial charge in [-0.3, -0.25) is 23.9 Å². The van der Waals surface area contributed by atoms with Crippen molar-refractivity contribution in [2.75, 3.05) is 20.3 Å². The number of carbonyl (C=O) groups excluding carboxylic acids is 2. The van der Waals surface area contributed by atoms with Crippen LogP contribution in [0.15, 0.2) is 15.8 Å². The number of hydrogen-bond acceptors (Lipinski definition) is 10. The van der Waals surface area contributed by atoms with E-state index in [2.05, 4.69) is 42.5 Å². The van der Waals surface area contributed by atoms with Crippen molar-refractivity contribution < 1.29 is 33.2 Å². The third-order valence-electron chi connectivity index (χ3n) is 6.90. The summed E-state index contributed by atoms with van der Waals surface area (Å²) in [5.41, 5.74) is -0.808. The van der Waals surface area contributed by atoms with Crippen molar-refractivity contribution in [3.05, 3.63) is 32.6 Å². The number of rotatable bonds is 20. The van der Waals surface area contributed by atoms with Crippen LogP contribution in [0.2, 0.25) is 0 Å². The van der Waals surface area contributed by atoms with Gasteiger partial charge in [0.2, 0.25) is 1.43 Å². The van der Waals surface area contributed by atoms with Gasteiger partial charge in [0.25, 0.3) is 14.1 Å². The van der Waals surface area contributed by atoms with Crippen molar-refractivity contribution in [3.8, 4) is 0 Å². The van der Waals surface area contributed by atoms with Gasteiger partial charge in [-0.2, -0.15) is 0 Å². The van der Waals surface area contributed by atoms with Crippen LogP contribution in [0.25, 0.3) is 0 Å². The highest BCUT2D eigenvalue weighted by Gasteiger charge is 2.39. The van der Waals surface area contributed by atoms with Crippen LogP contribution in [-0.4, -0.2) is 77.1 Å². The predicted octanol–water partition coefficient (Wildman–Crippen LogP) is 3.74. The standard InChI is InChI=1S/C28H48N3O9P/c1-19(2)31(20(3)4)41(37-6)38-15-11-9-7-8-10-12-22(33)13-14-26(34)40-23-16-25(39-24(23)18-32)30-17-21(5)27(35)29-28(30)36/h17,19-20,23-25,32H,7-16,18H2,1-6H3,(H,29,35,36)/t23?,24-,25-,41?/m1/s1/i32D. The van der Waals surface area contributed by atoms with Crippen LogP contribution in [0, 0.1) is 6.92 Å². The zero-order chi connectivity index (χ0) is 31.2. The molecule has 4 atom stereocenters. The maximum atomic E-state index is 12.5. The molecule has 13 heteroatoms. The smallest absolute Gasteiger partial charge is 0.330 e. The van der Waals surface area contributed by atoms with Gasteiger partial charge in [-0.1, -0.05) is 19.3 Å². The summed E-state index contributed by atoms with van der Waals surface area (Å²) < 4.78 is 33.4. The first kappa shape index (κ1) is 33.6. The monoisotopic (exact) mass is 602 g/mol. The summed E-state index contributed by atoms with van der Waals surface area (Å²) >= 11 is 0. The molecule has 234 valence electrons. The fourth-order valence-electron chi connectivity index (χ4n) is 4.82. The van der Waals surface area contributed by atoms with Crippen LogP contribution >= 0.6 is 8.53 Å². The Balaban J connectivity index is 1.65. The fraction of sp³-hybridized carbons (Fsp3) is 0.786. The number of nitrogens with zero attached hydrogens (tertiary/aromatic N) is 2. The molecule has 1 aromatic heterocycles. The van der Waals surface area contributed by atoms with Crippen molar-refractivity contribution in [3.63, 3.8) is 0 Å². The molecule has 0 bridgehead atoms. The second-order valence-electron chi connectivity index (χ2n) is 10.9. The zero-order valence-electron chi connectivity index (χ0n) is 26.3. The number of aliphatic hydroxyl groups is 1. The molecule has 0 aromatic carbocycles. The topological polar surface area (TPSA) is 149 Å². The molecule has 1 aliphatic heterocycles. The summed E-state index contributed by atoms with van der Waals surface area (Å²) in [5, 5.41) is 4.44. The van der Waals surface area contributed by atoms with Gasteiger partial charge in [-0.25, -0.2) is 9.46 Å². The van der Waals surface area contributed by atoms with E-state index in [1.807, 2.05) is 0 Å². The number of ketones is 1. The summed E-state index contributed by atoms with van der Waals surface area (Å²) in [6.07, 6.45) is 4.29. The molecule has 2 N–H and O–H groups in total. The minimum atomic E-state index is -1.07. The molecule has 1 fully saturated rings. The third kappa shape index (κ3) is 11.3. The molecular formula is C28H48N3O9P. The molecule has 12 nitrogen and oxygen atoms in total. The van der Waals surface area contributed by atoms with E-state index in [4.69, 9.17) is 20.0 Å². The van der Waals surface area contributed by atoms with Crippen LogP contribution in [0.4, 0.5) is 0 Å². The highest BCUT2D eigenvalue weighted by atomic mass is 31.2. The second kappa shape index (κ2) is 17.9. The molecule has 1 saturated heterocycles. The molecular weight excluding hydrogens is 553 g/mol. The number of aryl methyl sites for hydroxylation is 1. The molecule has 2 unspecified atom stereocenters. The van der Waals surface area contributed by atoms with Crippen LogP contribution < -0.4 is 11.2 Å². The van der Waals surface area contributed by atoms with Crippen LogP contribution in [0.3, 0.4) is 0 Å². The number of unbranched alkanes of at least 4 members (excludes halogenated alkanes) is 4. The summed E-state index contributed by atoms with van der Waals surface area (Å²) in [4.78, 5) is 50.9. The Morgan fingerprint density at radius 2 is 1.83 bits per heavy atom. The van der Waals surface area contributed by atoms with Crippen LogP contribution in [0.5, 0.6) is 0 Å². The van der Waals surface area contributed by atoms with Gasteiger partial charge in [0.1, 0.15) is 24.2 Å². The third-order valence-corrected chi connectivity index (χ3v) is 8.91. The summed E-state index contributed by atoms with van der Waals surface area (Å²) in [5.74, 6) is -0.549. The van der Waals surface area contributed by atoms with Gasteiger partial charge in [-0.05, 0) is 47.5 Å². The van der Waals surface area contributed by atoms with E-state index in [0.717, 1.165) is 32.1 Å². The van der Waals surface area contributed by atoms with Gasteiger partial charge in [0.05, 0.1) is 19.6 Å². The SMILES string of the molecule is [2H]OC[C@H]1O[C@@H](n2cc(C)c(=O)[nH]c2=O)CC1OC(=O)CCC(=O)CCCCCCCOP(OC)N(C(C)C)C(C)C. The molecule has 2 heterocycles. The highest BCUT2D eigenvalue weighted by molar-refractivity contribution is 7.44. The fourth-order valence-corrected chi connectivity index (χ4v) is 6.29. The first-order valence-electron chi connectivity index (χ1n) is 14.9. The number of hydrogen-bond donors (Lipinski definition) is 2. The Kier molecular flexibility index (Phi) is 14.6. The molecule has 2 rings (SSSR count). The first-order chi connectivity index (χ1) is 20.0. The molecule has 1 aliphatic rings. The summed E-state index contributed by atoms with van der Waals surface area (Å²) in [6, 6.07) is 0.676. The number of nitrogens with one attached hydrogen (secondary N) is 1. The number of Topliss-reactive ketones (excluding diaryl/α,β-unsaturated/α-hetero) is 1. The molecule has 41 heavy (non-hydrogen) atoms. The van der Waals surface area contributed by atoms with Gasteiger partial charge in [-0.15, -0.1) is 0 Å². The Morgan fingerprint density at radius 3 is 2.49 bits per heavy atom. The van der Waals surface area contributed by atoms with Crippen molar-refractivity contribution in [1.82, 2.24) is 14.2 Å². The molecule has 0 saturated carbocycles. The predicted molar refractivity (Wildman–Crippen MR) is 155 cm³/mol. The van der Waals surface area contributed by atoms with Crippen molar-refractivity contribution >= 4 is 20.3 Å². The minimum absolute atomic E-state index is 0.00494. The van der Waals surface area contributed by atoms with Crippen molar-refractivity contribution in [1.29, 1.82) is 1.43 Å². The second-order valence-corrected chi connectivity index (χ2v) is 12.5. The van der Waals surface area contributed by atoms with Gasteiger partial charge in [0.15, 0.2) is 0 Å². The molecule has 0 amide bonds. The number of aromatic nitrogens is 2. The number of ether oxygens (including phenoxy) is 2. The Morgan fingerprint density at radius 1 is 1.15 bits per heavy atom. The Labute approximate surface area is 245 Å². The average Bonchev–Trinajstić information content (AvgIpc) is 3.31. The lowest BCUT2D eigenvalue weighted by Gasteiger charge is -2.34. The maximum absolute atomic E-state index is 12.5. The Bertz CT molecular complexity index is 1090. The number of esters is 1. The molecule has 0 radical (unpaired) electrons. The average molecular weight is 603 g/mol. The van der Waals surface area contributed by atoms with Gasteiger partial charge < -0.3 is 23.6 Å². The van der Waals surface area contributed by atoms with Gasteiger partial charge in [0, 0.05) is 50.2 Å². The number of H-pyrrole nitrogens is 1. The minimum Gasteiger partial charge on any atom is -0.459 e. The van der Waals surface area contributed by atoms with E-state index < -0.39 is 44.2 Å². The van der Waals surface area contributed by atoms with E-state index in [1.165, 1.54) is 10.8 Å². The van der Waals surface area contributed by atoms with Crippen LogP contribution in [-0.2, 0) is 28.1 Å². The van der Waals surface area contributed by atoms with E-state index in [9.17, 15) is 19.2 Å². The largest absolute Gasteiger partial charge is 0.459 e. The lowest BCUT2D eigenvalue weighted by molar-refractivity contribution is -0.154. The summed E-state index contributed by atoms with van der Waals surface area (Å²) in [7, 11) is 0.617. The maximum Gasteiger partial charge on any atom is 0.330 e. The number of aromatic amines is 1. The molecule has 0 spiro atoms. The zero-order valence-corrected chi connectivity index (χ0v) is 26.2.